The van der Waals surface area contributed by atoms with Crippen molar-refractivity contribution in [2.45, 2.75) is 5.88 Å². The fourth-order valence-corrected chi connectivity index (χ4v) is 2.48. The molecule has 96 valence electrons. The number of nitrogens with zero attached hydrogens (tertiary/aromatic N) is 2. The molecule has 0 saturated heterocycles. The number of benzene rings is 2. The summed E-state index contributed by atoms with van der Waals surface area (Å²) in [6.07, 6.45) is 0. The average molecular weight is 291 g/mol. The molecule has 0 radical (unpaired) electrons. The van der Waals surface area contributed by atoms with Gasteiger partial charge in [-0.25, -0.2) is 0 Å². The second-order valence-electron chi connectivity index (χ2n) is 4.09. The quantitative estimate of drug-likeness (QED) is 0.765. The molecule has 19 heavy (non-hydrogen) atoms. The molecule has 0 amide bonds. The molecule has 0 atom stereocenters. The fourth-order valence-electron chi connectivity index (χ4n) is 1.89. The molecular formula is C15H12Cl2N2. The molecule has 0 bridgehead atoms. The number of hydrogen-bond donors (Lipinski definition) is 0. The van der Waals surface area contributed by atoms with E-state index >= 15 is 0 Å². The number of rotatable bonds is 3. The van der Waals surface area contributed by atoms with Crippen molar-refractivity contribution < 1.29 is 0 Å². The van der Waals surface area contributed by atoms with Crippen LogP contribution in [0.1, 0.15) is 11.1 Å². The molecule has 0 spiro atoms. The van der Waals surface area contributed by atoms with Crippen LogP contribution in [0.2, 0.25) is 5.02 Å². The van der Waals surface area contributed by atoms with Gasteiger partial charge < -0.3 is 4.90 Å². The van der Waals surface area contributed by atoms with Crippen LogP contribution in [0, 0.1) is 11.3 Å². The highest BCUT2D eigenvalue weighted by atomic mass is 35.5. The zero-order valence-electron chi connectivity index (χ0n) is 10.4. The number of anilines is 2. The lowest BCUT2D eigenvalue weighted by molar-refractivity contribution is 1.17. The van der Waals surface area contributed by atoms with Gasteiger partial charge in [0, 0.05) is 29.0 Å². The third kappa shape index (κ3) is 2.84. The van der Waals surface area contributed by atoms with Crippen molar-refractivity contribution in [2.75, 3.05) is 11.9 Å². The topological polar surface area (TPSA) is 27.0 Å². The summed E-state index contributed by atoms with van der Waals surface area (Å²) in [6.45, 7) is 0. The molecule has 0 N–H and O–H groups in total. The van der Waals surface area contributed by atoms with Crippen molar-refractivity contribution >= 4 is 34.6 Å². The normalized spacial score (nSPS) is 10.0. The van der Waals surface area contributed by atoms with E-state index in [1.54, 1.807) is 12.1 Å². The first-order chi connectivity index (χ1) is 9.17. The Labute approximate surface area is 122 Å². The van der Waals surface area contributed by atoms with Crippen LogP contribution in [0.25, 0.3) is 0 Å². The first-order valence-electron chi connectivity index (χ1n) is 5.74. The minimum Gasteiger partial charge on any atom is -0.344 e. The monoisotopic (exact) mass is 290 g/mol. The summed E-state index contributed by atoms with van der Waals surface area (Å²) in [6, 6.07) is 15.2. The molecule has 2 nitrogen and oxygen atoms in total. The predicted molar refractivity (Wildman–Crippen MR) is 80.2 cm³/mol. The Morgan fingerprint density at radius 3 is 2.42 bits per heavy atom. The average Bonchev–Trinajstić information content (AvgIpc) is 2.46. The van der Waals surface area contributed by atoms with Crippen molar-refractivity contribution in [3.05, 3.63) is 58.6 Å². The Morgan fingerprint density at radius 1 is 1.16 bits per heavy atom. The van der Waals surface area contributed by atoms with E-state index in [1.807, 2.05) is 42.3 Å². The molecule has 2 aromatic rings. The van der Waals surface area contributed by atoms with E-state index in [0.29, 0.717) is 16.5 Å². The van der Waals surface area contributed by atoms with Gasteiger partial charge in [0.25, 0.3) is 0 Å². The Hall–Kier alpha value is -1.69. The summed E-state index contributed by atoms with van der Waals surface area (Å²) in [5, 5.41) is 9.46. The van der Waals surface area contributed by atoms with Gasteiger partial charge >= 0.3 is 0 Å². The van der Waals surface area contributed by atoms with E-state index in [0.717, 1.165) is 16.9 Å². The van der Waals surface area contributed by atoms with E-state index < -0.39 is 0 Å². The summed E-state index contributed by atoms with van der Waals surface area (Å²) in [5.74, 6) is 0.357. The Bertz CT molecular complexity index is 615. The van der Waals surface area contributed by atoms with E-state index in [4.69, 9.17) is 28.5 Å². The Balaban J connectivity index is 2.41. The molecule has 0 aromatic heterocycles. The van der Waals surface area contributed by atoms with E-state index in [-0.39, 0.29) is 0 Å². The van der Waals surface area contributed by atoms with E-state index in [2.05, 4.69) is 6.07 Å². The number of hydrogen-bond acceptors (Lipinski definition) is 2. The van der Waals surface area contributed by atoms with E-state index in [9.17, 15) is 0 Å². The molecule has 4 heteroatoms. The smallest absolute Gasteiger partial charge is 0.0991 e. The molecule has 2 rings (SSSR count). The van der Waals surface area contributed by atoms with Gasteiger partial charge in [0.2, 0.25) is 0 Å². The molecule has 0 aliphatic rings. The summed E-state index contributed by atoms with van der Waals surface area (Å²) in [7, 11) is 1.95. The molecule has 0 aliphatic carbocycles. The lowest BCUT2D eigenvalue weighted by Gasteiger charge is -2.22. The Kier molecular flexibility index (Phi) is 4.31. The maximum absolute atomic E-state index is 8.80. The van der Waals surface area contributed by atoms with Gasteiger partial charge in [-0.3, -0.25) is 0 Å². The van der Waals surface area contributed by atoms with Crippen molar-refractivity contribution in [3.63, 3.8) is 0 Å². The summed E-state index contributed by atoms with van der Waals surface area (Å²) in [4.78, 5) is 2.00. The zero-order valence-corrected chi connectivity index (χ0v) is 11.9. The molecule has 2 aromatic carbocycles. The first-order valence-corrected chi connectivity index (χ1v) is 6.66. The maximum Gasteiger partial charge on any atom is 0.0991 e. The van der Waals surface area contributed by atoms with Crippen LogP contribution in [0.5, 0.6) is 0 Å². The first kappa shape index (κ1) is 13.7. The molecular weight excluding hydrogens is 279 g/mol. The summed E-state index contributed by atoms with van der Waals surface area (Å²) in [5.41, 5.74) is 3.48. The highest BCUT2D eigenvalue weighted by Crippen LogP contribution is 2.32. The SMILES string of the molecule is CN(c1ccc(C#N)cc1)c1cccc(Cl)c1CCl. The van der Waals surface area contributed by atoms with Crippen LogP contribution in [0.15, 0.2) is 42.5 Å². The zero-order chi connectivity index (χ0) is 13.8. The Morgan fingerprint density at radius 2 is 1.84 bits per heavy atom. The van der Waals surface area contributed by atoms with Crippen LogP contribution >= 0.6 is 23.2 Å². The van der Waals surface area contributed by atoms with Crippen molar-refractivity contribution in [1.82, 2.24) is 0 Å². The third-order valence-electron chi connectivity index (χ3n) is 2.97. The molecule has 0 heterocycles. The lowest BCUT2D eigenvalue weighted by atomic mass is 10.1. The van der Waals surface area contributed by atoms with Gasteiger partial charge in [-0.2, -0.15) is 5.26 Å². The minimum atomic E-state index is 0.357. The molecule has 0 saturated carbocycles. The minimum absolute atomic E-state index is 0.357. The maximum atomic E-state index is 8.80. The second-order valence-corrected chi connectivity index (χ2v) is 4.76. The van der Waals surface area contributed by atoms with Gasteiger partial charge in [0.1, 0.15) is 0 Å². The molecule has 0 fully saturated rings. The van der Waals surface area contributed by atoms with Crippen molar-refractivity contribution in [3.8, 4) is 6.07 Å². The third-order valence-corrected chi connectivity index (χ3v) is 3.59. The highest BCUT2D eigenvalue weighted by molar-refractivity contribution is 6.32. The van der Waals surface area contributed by atoms with Gasteiger partial charge in [-0.15, -0.1) is 11.6 Å². The van der Waals surface area contributed by atoms with Gasteiger partial charge in [-0.1, -0.05) is 17.7 Å². The van der Waals surface area contributed by atoms with Crippen LogP contribution in [-0.2, 0) is 5.88 Å². The summed E-state index contributed by atoms with van der Waals surface area (Å²) >= 11 is 12.1. The van der Waals surface area contributed by atoms with Gasteiger partial charge in [0.05, 0.1) is 17.5 Å². The number of nitriles is 1. The summed E-state index contributed by atoms with van der Waals surface area (Å²) < 4.78 is 0. The molecule has 0 aliphatic heterocycles. The molecule has 0 unspecified atom stereocenters. The highest BCUT2D eigenvalue weighted by Gasteiger charge is 2.11. The van der Waals surface area contributed by atoms with E-state index in [1.165, 1.54) is 0 Å². The van der Waals surface area contributed by atoms with Crippen LogP contribution < -0.4 is 4.90 Å². The predicted octanol–water partition coefficient (Wildman–Crippen LogP) is 4.72. The number of halogens is 2. The van der Waals surface area contributed by atoms with Crippen molar-refractivity contribution in [1.29, 1.82) is 5.26 Å². The van der Waals surface area contributed by atoms with Gasteiger partial charge in [0.15, 0.2) is 0 Å². The fraction of sp³-hybridized carbons (Fsp3) is 0.133. The standard InChI is InChI=1S/C15H12Cl2N2/c1-19(12-7-5-11(10-18)6-8-12)15-4-2-3-14(17)13(15)9-16/h2-8H,9H2,1H3. The second kappa shape index (κ2) is 5.97. The van der Waals surface area contributed by atoms with Gasteiger partial charge in [-0.05, 0) is 36.4 Å². The van der Waals surface area contributed by atoms with Crippen LogP contribution in [-0.4, -0.2) is 7.05 Å². The van der Waals surface area contributed by atoms with Crippen LogP contribution in [0.3, 0.4) is 0 Å². The van der Waals surface area contributed by atoms with Crippen molar-refractivity contribution in [2.24, 2.45) is 0 Å². The number of alkyl halides is 1. The van der Waals surface area contributed by atoms with Crippen LogP contribution in [0.4, 0.5) is 11.4 Å². The lowest BCUT2D eigenvalue weighted by Crippen LogP contribution is -2.11. The largest absolute Gasteiger partial charge is 0.344 e.